The topological polar surface area (TPSA) is 72.3 Å². The van der Waals surface area contributed by atoms with Crippen LogP contribution in [0.25, 0.3) is 0 Å². The van der Waals surface area contributed by atoms with Crippen molar-refractivity contribution in [2.75, 3.05) is 26.7 Å². The predicted octanol–water partition coefficient (Wildman–Crippen LogP) is 2.11. The highest BCUT2D eigenvalue weighted by Gasteiger charge is 2.32. The number of ether oxygens (including phenoxy) is 1. The Morgan fingerprint density at radius 2 is 1.89 bits per heavy atom. The summed E-state index contributed by atoms with van der Waals surface area (Å²) < 4.78 is 35.1. The van der Waals surface area contributed by atoms with Crippen molar-refractivity contribution in [3.8, 4) is 5.75 Å². The molecule has 0 unspecified atom stereocenters. The van der Waals surface area contributed by atoms with Gasteiger partial charge in [-0.25, -0.2) is 8.78 Å². The first-order valence-electron chi connectivity index (χ1n) is 9.04. The highest BCUT2D eigenvalue weighted by atomic mass is 35.5. The molecule has 10 heteroatoms. The van der Waals surface area contributed by atoms with Gasteiger partial charge in [-0.15, -0.1) is 22.6 Å². The maximum absolute atomic E-state index is 14.2. The molecule has 0 radical (unpaired) electrons. The number of hydrogen-bond acceptors (Lipinski definition) is 5. The lowest BCUT2D eigenvalue weighted by molar-refractivity contribution is 0.0700. The maximum atomic E-state index is 14.2. The molecule has 1 aromatic heterocycles. The lowest BCUT2D eigenvalue weighted by Gasteiger charge is -2.32. The molecule has 0 aliphatic carbocycles. The minimum absolute atomic E-state index is 0. The first-order chi connectivity index (χ1) is 13.1. The van der Waals surface area contributed by atoms with Gasteiger partial charge in [0.1, 0.15) is 23.0 Å². The fourth-order valence-electron chi connectivity index (χ4n) is 3.85. The van der Waals surface area contributed by atoms with Gasteiger partial charge in [0.25, 0.3) is 5.91 Å². The third kappa shape index (κ3) is 3.56. The molecule has 7 nitrogen and oxygen atoms in total. The number of carbonyl (C=O) groups is 1. The van der Waals surface area contributed by atoms with Gasteiger partial charge >= 0.3 is 0 Å². The number of halogens is 3. The van der Waals surface area contributed by atoms with Crippen LogP contribution in [0.5, 0.6) is 5.75 Å². The molecule has 2 aliphatic rings. The Hall–Kier alpha value is -2.26. The van der Waals surface area contributed by atoms with E-state index in [2.05, 4.69) is 20.1 Å². The summed E-state index contributed by atoms with van der Waals surface area (Å²) in [6.07, 6.45) is 1.41. The van der Waals surface area contributed by atoms with Crippen LogP contribution in [0.2, 0.25) is 0 Å². The molecule has 1 amide bonds. The van der Waals surface area contributed by atoms with Crippen LogP contribution in [0.15, 0.2) is 12.1 Å². The molecule has 1 fully saturated rings. The van der Waals surface area contributed by atoms with E-state index >= 15 is 0 Å². The number of methoxy groups -OCH3 is 1. The van der Waals surface area contributed by atoms with Crippen molar-refractivity contribution in [3.63, 3.8) is 0 Å². The molecule has 0 bridgehead atoms. The third-order valence-electron chi connectivity index (χ3n) is 5.28. The number of aromatic nitrogens is 3. The zero-order valence-electron chi connectivity index (χ0n) is 15.5. The van der Waals surface area contributed by atoms with Crippen LogP contribution < -0.4 is 10.1 Å². The Labute approximate surface area is 167 Å². The molecular formula is C18H22ClF2N5O2. The second-order valence-electron chi connectivity index (χ2n) is 6.81. The number of fused-ring (bicyclic) bond motifs is 1. The molecule has 4 rings (SSSR count). The zero-order chi connectivity index (χ0) is 19.0. The Morgan fingerprint density at radius 3 is 2.61 bits per heavy atom. The molecule has 3 heterocycles. The first kappa shape index (κ1) is 20.5. The molecule has 28 heavy (non-hydrogen) atoms. The number of carbonyl (C=O) groups excluding carboxylic acids is 1. The van der Waals surface area contributed by atoms with Gasteiger partial charge in [-0.2, -0.15) is 0 Å². The lowest BCUT2D eigenvalue weighted by Crippen LogP contribution is -2.39. The lowest BCUT2D eigenvalue weighted by atomic mass is 9.95. The molecule has 1 aromatic carbocycles. The normalized spacial score (nSPS) is 17.0. The van der Waals surface area contributed by atoms with Crippen LogP contribution >= 0.6 is 12.4 Å². The van der Waals surface area contributed by atoms with Crippen LogP contribution in [0.4, 0.5) is 8.78 Å². The molecule has 152 valence electrons. The van der Waals surface area contributed by atoms with Crippen molar-refractivity contribution in [2.24, 2.45) is 0 Å². The number of likely N-dealkylation sites (tertiary alicyclic amines) is 1. The summed E-state index contributed by atoms with van der Waals surface area (Å²) in [5.41, 5.74) is -0.345. The number of rotatable bonds is 3. The first-order valence-corrected chi connectivity index (χ1v) is 9.04. The second kappa shape index (κ2) is 8.40. The third-order valence-corrected chi connectivity index (χ3v) is 5.28. The monoisotopic (exact) mass is 413 g/mol. The van der Waals surface area contributed by atoms with Gasteiger partial charge in [0, 0.05) is 32.1 Å². The molecule has 1 N–H and O–H groups in total. The zero-order valence-corrected chi connectivity index (χ0v) is 16.3. The quantitative estimate of drug-likeness (QED) is 0.834. The largest absolute Gasteiger partial charge is 0.493 e. The van der Waals surface area contributed by atoms with Crippen molar-refractivity contribution in [1.29, 1.82) is 0 Å². The van der Waals surface area contributed by atoms with Crippen molar-refractivity contribution in [3.05, 3.63) is 41.0 Å². The van der Waals surface area contributed by atoms with Gasteiger partial charge < -0.3 is 19.5 Å². The van der Waals surface area contributed by atoms with E-state index in [9.17, 15) is 13.6 Å². The average molecular weight is 414 g/mol. The van der Waals surface area contributed by atoms with E-state index in [1.54, 1.807) is 4.90 Å². The number of nitrogens with one attached hydrogen (secondary N) is 1. The van der Waals surface area contributed by atoms with E-state index in [-0.39, 0.29) is 29.6 Å². The van der Waals surface area contributed by atoms with E-state index in [4.69, 9.17) is 4.74 Å². The van der Waals surface area contributed by atoms with Crippen molar-refractivity contribution < 1.29 is 18.3 Å². The van der Waals surface area contributed by atoms with Crippen LogP contribution in [0.1, 0.15) is 40.8 Å². The molecule has 2 aliphatic heterocycles. The number of amides is 1. The summed E-state index contributed by atoms with van der Waals surface area (Å²) in [5, 5.41) is 11.8. The van der Waals surface area contributed by atoms with Gasteiger partial charge in [-0.05, 0) is 25.0 Å². The standard InChI is InChI=1S/C18H21F2N5O2.ClH/c1-27-16-13(20)3-2-12(19)15(16)18(26)24-7-4-11(5-8-24)17-23-22-14-10-21-6-9-25(14)17;/h2-3,11,21H,4-10H2,1H3;1H. The molecule has 0 saturated carbocycles. The summed E-state index contributed by atoms with van der Waals surface area (Å²) in [6.45, 7) is 3.33. The SMILES string of the molecule is COc1c(F)ccc(F)c1C(=O)N1CCC(c2nnc3n2CCNC3)CC1.Cl. The fraction of sp³-hybridized carbons (Fsp3) is 0.500. The molecule has 0 spiro atoms. The minimum atomic E-state index is -0.778. The van der Waals surface area contributed by atoms with Crippen LogP contribution in [0, 0.1) is 11.6 Å². The Bertz CT molecular complexity index is 868. The van der Waals surface area contributed by atoms with Gasteiger partial charge in [-0.1, -0.05) is 0 Å². The molecule has 2 aromatic rings. The fourth-order valence-corrected chi connectivity index (χ4v) is 3.85. The van der Waals surface area contributed by atoms with Crippen LogP contribution in [-0.2, 0) is 13.1 Å². The predicted molar refractivity (Wildman–Crippen MR) is 99.8 cm³/mol. The summed E-state index contributed by atoms with van der Waals surface area (Å²) in [5.74, 6) is -0.335. The highest BCUT2D eigenvalue weighted by molar-refractivity contribution is 5.97. The number of piperidine rings is 1. The number of hydrogen-bond donors (Lipinski definition) is 1. The van der Waals surface area contributed by atoms with E-state index in [1.807, 2.05) is 0 Å². The summed E-state index contributed by atoms with van der Waals surface area (Å²) in [7, 11) is 1.23. The summed E-state index contributed by atoms with van der Waals surface area (Å²) in [6, 6.07) is 1.91. The van der Waals surface area contributed by atoms with Crippen molar-refractivity contribution in [2.45, 2.75) is 31.8 Å². The van der Waals surface area contributed by atoms with Crippen molar-refractivity contribution >= 4 is 18.3 Å². The Kier molecular flexibility index (Phi) is 6.14. The van der Waals surface area contributed by atoms with Gasteiger partial charge in [0.15, 0.2) is 11.6 Å². The van der Waals surface area contributed by atoms with Gasteiger partial charge in [0.05, 0.1) is 13.7 Å². The van der Waals surface area contributed by atoms with Gasteiger partial charge in [0.2, 0.25) is 0 Å². The van der Waals surface area contributed by atoms with Crippen molar-refractivity contribution in [1.82, 2.24) is 25.0 Å². The van der Waals surface area contributed by atoms with E-state index in [0.29, 0.717) is 32.5 Å². The number of nitrogens with zero attached hydrogens (tertiary/aromatic N) is 4. The Balaban J connectivity index is 0.00000225. The van der Waals surface area contributed by atoms with Gasteiger partial charge in [-0.3, -0.25) is 4.79 Å². The van der Waals surface area contributed by atoms with E-state index in [1.165, 1.54) is 7.11 Å². The number of benzene rings is 1. The summed E-state index contributed by atoms with van der Waals surface area (Å²) >= 11 is 0. The second-order valence-corrected chi connectivity index (χ2v) is 6.81. The van der Waals surface area contributed by atoms with E-state index in [0.717, 1.165) is 36.9 Å². The summed E-state index contributed by atoms with van der Waals surface area (Å²) in [4.78, 5) is 14.3. The molecule has 0 atom stereocenters. The van der Waals surface area contributed by atoms with E-state index < -0.39 is 17.5 Å². The molecule has 1 saturated heterocycles. The minimum Gasteiger partial charge on any atom is -0.493 e. The maximum Gasteiger partial charge on any atom is 0.260 e. The highest BCUT2D eigenvalue weighted by Crippen LogP contribution is 2.31. The smallest absolute Gasteiger partial charge is 0.260 e. The van der Waals surface area contributed by atoms with Crippen LogP contribution in [0.3, 0.4) is 0 Å². The van der Waals surface area contributed by atoms with Crippen LogP contribution in [-0.4, -0.2) is 52.3 Å². The average Bonchev–Trinajstić information content (AvgIpc) is 3.13. The molecular weight excluding hydrogens is 392 g/mol. The Morgan fingerprint density at radius 1 is 1.18 bits per heavy atom.